The van der Waals surface area contributed by atoms with Gasteiger partial charge in [0.2, 0.25) is 10.8 Å². The van der Waals surface area contributed by atoms with Gasteiger partial charge in [0, 0.05) is 13.1 Å². The van der Waals surface area contributed by atoms with E-state index in [1.165, 1.54) is 21.9 Å². The zero-order valence-electron chi connectivity index (χ0n) is 13.4. The van der Waals surface area contributed by atoms with Gasteiger partial charge in [0.25, 0.3) is 0 Å². The van der Waals surface area contributed by atoms with Crippen LogP contribution >= 0.6 is 11.3 Å². The van der Waals surface area contributed by atoms with Gasteiger partial charge in [0.15, 0.2) is 11.6 Å². The molecular formula is C16H16F2N4O2S. The summed E-state index contributed by atoms with van der Waals surface area (Å²) in [4.78, 5) is 7.52. The average Bonchev–Trinajstić information content (AvgIpc) is 3.10. The molecule has 0 bridgehead atoms. The van der Waals surface area contributed by atoms with Crippen LogP contribution in [-0.4, -0.2) is 50.9 Å². The molecule has 1 N–H and O–H groups in total. The van der Waals surface area contributed by atoms with Gasteiger partial charge in [-0.25, -0.2) is 13.8 Å². The molecule has 3 aromatic rings. The first-order valence-corrected chi connectivity index (χ1v) is 8.68. The molecule has 1 fully saturated rings. The first-order chi connectivity index (χ1) is 12.0. The topological polar surface area (TPSA) is 62.9 Å². The fourth-order valence-corrected chi connectivity index (χ4v) is 4.24. The summed E-state index contributed by atoms with van der Waals surface area (Å²) >= 11 is 1.29. The number of thiazole rings is 1. The van der Waals surface area contributed by atoms with Crippen molar-refractivity contribution in [2.75, 3.05) is 26.3 Å². The molecule has 1 saturated heterocycles. The maximum Gasteiger partial charge on any atom is 0.230 e. The molecule has 3 heterocycles. The van der Waals surface area contributed by atoms with E-state index in [2.05, 4.69) is 15.0 Å². The van der Waals surface area contributed by atoms with E-state index in [1.54, 1.807) is 13.0 Å². The summed E-state index contributed by atoms with van der Waals surface area (Å²) in [6, 6.07) is 3.40. The van der Waals surface area contributed by atoms with Gasteiger partial charge in [-0.3, -0.25) is 4.90 Å². The van der Waals surface area contributed by atoms with E-state index >= 15 is 0 Å². The van der Waals surface area contributed by atoms with E-state index in [4.69, 9.17) is 4.74 Å². The van der Waals surface area contributed by atoms with E-state index in [0.717, 1.165) is 6.07 Å². The molecule has 0 radical (unpaired) electrons. The second-order valence-corrected chi connectivity index (χ2v) is 6.88. The second-order valence-electron chi connectivity index (χ2n) is 5.87. The third-order valence-electron chi connectivity index (χ3n) is 4.22. The molecule has 9 heteroatoms. The number of benzene rings is 1. The van der Waals surface area contributed by atoms with Crippen LogP contribution in [0.5, 0.6) is 5.88 Å². The Hall–Kier alpha value is -2.10. The number of aryl methyl sites for hydroxylation is 1. The summed E-state index contributed by atoms with van der Waals surface area (Å²) in [7, 11) is 0. The Morgan fingerprint density at radius 1 is 1.24 bits per heavy atom. The van der Waals surface area contributed by atoms with Crippen LogP contribution in [0.1, 0.15) is 22.3 Å². The van der Waals surface area contributed by atoms with Gasteiger partial charge in [0.1, 0.15) is 5.82 Å². The molecule has 1 aromatic carbocycles. The highest BCUT2D eigenvalue weighted by Crippen LogP contribution is 2.40. The number of ether oxygens (including phenoxy) is 1. The number of aromatic hydroxyl groups is 1. The lowest BCUT2D eigenvalue weighted by Gasteiger charge is -2.34. The lowest BCUT2D eigenvalue weighted by Crippen LogP contribution is -2.39. The molecule has 1 aliphatic rings. The van der Waals surface area contributed by atoms with Crippen LogP contribution in [0.25, 0.3) is 4.96 Å². The van der Waals surface area contributed by atoms with Crippen LogP contribution in [0.2, 0.25) is 0 Å². The molecule has 0 aliphatic carbocycles. The zero-order valence-corrected chi connectivity index (χ0v) is 14.3. The number of aromatic nitrogens is 3. The number of morpholine rings is 1. The van der Waals surface area contributed by atoms with Crippen LogP contribution in [0, 0.1) is 18.6 Å². The Kier molecular flexibility index (Phi) is 4.14. The van der Waals surface area contributed by atoms with Crippen molar-refractivity contribution in [1.29, 1.82) is 0 Å². The Morgan fingerprint density at radius 3 is 2.68 bits per heavy atom. The van der Waals surface area contributed by atoms with Crippen molar-refractivity contribution >= 4 is 16.3 Å². The summed E-state index contributed by atoms with van der Waals surface area (Å²) in [6.45, 7) is 4.07. The number of halogens is 2. The zero-order chi connectivity index (χ0) is 17.6. The summed E-state index contributed by atoms with van der Waals surface area (Å²) < 4.78 is 33.9. The number of nitrogens with zero attached hydrogens (tertiary/aromatic N) is 4. The molecule has 0 spiro atoms. The molecule has 132 valence electrons. The quantitative estimate of drug-likeness (QED) is 0.772. The fourth-order valence-electron chi connectivity index (χ4n) is 3.07. The third kappa shape index (κ3) is 2.88. The van der Waals surface area contributed by atoms with Gasteiger partial charge in [-0.05, 0) is 24.6 Å². The largest absolute Gasteiger partial charge is 0.492 e. The maximum absolute atomic E-state index is 13.8. The van der Waals surface area contributed by atoms with Crippen LogP contribution in [0.3, 0.4) is 0 Å². The Labute approximate surface area is 146 Å². The van der Waals surface area contributed by atoms with Gasteiger partial charge >= 0.3 is 0 Å². The predicted octanol–water partition coefficient (Wildman–Crippen LogP) is 2.50. The Balaban J connectivity index is 1.84. The molecule has 6 nitrogen and oxygen atoms in total. The van der Waals surface area contributed by atoms with Gasteiger partial charge in [-0.1, -0.05) is 17.4 Å². The second kappa shape index (κ2) is 6.32. The normalized spacial score (nSPS) is 17.2. The number of rotatable bonds is 3. The summed E-state index contributed by atoms with van der Waals surface area (Å²) in [5.41, 5.74) is 0.567. The first kappa shape index (κ1) is 16.4. The van der Waals surface area contributed by atoms with E-state index in [0.29, 0.717) is 47.5 Å². The minimum atomic E-state index is -0.912. The number of fused-ring (bicyclic) bond motifs is 1. The standard InChI is InChI=1S/C16H16F2N4O2S/c1-9-19-16-22(20-9)15(23)14(25-16)13(21-4-6-24-7-5-21)10-2-3-11(17)12(18)8-10/h2-3,8,13,23H,4-7H2,1H3/t13-/m1/s1. The summed E-state index contributed by atoms with van der Waals surface area (Å²) in [5, 5.41) is 14.8. The van der Waals surface area contributed by atoms with Crippen molar-refractivity contribution in [3.05, 3.63) is 46.1 Å². The lowest BCUT2D eigenvalue weighted by molar-refractivity contribution is 0.0240. The van der Waals surface area contributed by atoms with Crippen LogP contribution in [0.15, 0.2) is 18.2 Å². The molecule has 0 unspecified atom stereocenters. The minimum Gasteiger partial charge on any atom is -0.492 e. The van der Waals surface area contributed by atoms with Gasteiger partial charge in [-0.2, -0.15) is 4.52 Å². The van der Waals surface area contributed by atoms with Crippen molar-refractivity contribution in [2.24, 2.45) is 0 Å². The summed E-state index contributed by atoms with van der Waals surface area (Å²) in [6.07, 6.45) is 0. The highest BCUT2D eigenvalue weighted by Gasteiger charge is 2.31. The SMILES string of the molecule is Cc1nc2sc([C@@H](c3ccc(F)c(F)c3)N3CCOCC3)c(O)n2n1. The highest BCUT2D eigenvalue weighted by molar-refractivity contribution is 7.17. The smallest absolute Gasteiger partial charge is 0.230 e. The van der Waals surface area contributed by atoms with Gasteiger partial charge in [-0.15, -0.1) is 5.10 Å². The maximum atomic E-state index is 13.8. The predicted molar refractivity (Wildman–Crippen MR) is 87.9 cm³/mol. The molecule has 0 amide bonds. The Morgan fingerprint density at radius 2 is 2.00 bits per heavy atom. The molecule has 1 aliphatic heterocycles. The fraction of sp³-hybridized carbons (Fsp3) is 0.375. The van der Waals surface area contributed by atoms with Crippen molar-refractivity contribution in [2.45, 2.75) is 13.0 Å². The Bertz CT molecular complexity index is 920. The van der Waals surface area contributed by atoms with E-state index in [9.17, 15) is 13.9 Å². The third-order valence-corrected chi connectivity index (χ3v) is 5.30. The molecular weight excluding hydrogens is 350 g/mol. The molecule has 0 saturated carbocycles. The lowest BCUT2D eigenvalue weighted by atomic mass is 10.0. The van der Waals surface area contributed by atoms with Crippen molar-refractivity contribution < 1.29 is 18.6 Å². The number of hydrogen-bond donors (Lipinski definition) is 1. The van der Waals surface area contributed by atoms with Crippen LogP contribution in [-0.2, 0) is 4.74 Å². The van der Waals surface area contributed by atoms with Crippen LogP contribution in [0.4, 0.5) is 8.78 Å². The molecule has 4 rings (SSSR count). The highest BCUT2D eigenvalue weighted by atomic mass is 32.1. The monoisotopic (exact) mass is 366 g/mol. The van der Waals surface area contributed by atoms with Gasteiger partial charge < -0.3 is 9.84 Å². The molecule has 2 aromatic heterocycles. The van der Waals surface area contributed by atoms with Crippen molar-refractivity contribution in [3.8, 4) is 5.88 Å². The number of hydrogen-bond acceptors (Lipinski definition) is 6. The van der Waals surface area contributed by atoms with E-state index < -0.39 is 17.7 Å². The first-order valence-electron chi connectivity index (χ1n) is 7.86. The van der Waals surface area contributed by atoms with Gasteiger partial charge in [0.05, 0.1) is 24.1 Å². The summed E-state index contributed by atoms with van der Waals surface area (Å²) in [5.74, 6) is -1.27. The van der Waals surface area contributed by atoms with Crippen molar-refractivity contribution in [3.63, 3.8) is 0 Å². The average molecular weight is 366 g/mol. The van der Waals surface area contributed by atoms with Crippen LogP contribution < -0.4 is 0 Å². The van der Waals surface area contributed by atoms with E-state index in [1.807, 2.05) is 0 Å². The minimum absolute atomic E-state index is 0.0261. The van der Waals surface area contributed by atoms with Crippen molar-refractivity contribution in [1.82, 2.24) is 19.5 Å². The van der Waals surface area contributed by atoms with E-state index in [-0.39, 0.29) is 5.88 Å². The molecule has 25 heavy (non-hydrogen) atoms. The molecule has 1 atom stereocenters.